The molecule has 0 saturated heterocycles. The van der Waals surface area contributed by atoms with E-state index in [1.165, 1.54) is 0 Å². The summed E-state index contributed by atoms with van der Waals surface area (Å²) in [5.41, 5.74) is 2.78. The molecular weight excluding hydrogens is 220 g/mol. The maximum atomic E-state index is 11.1. The molecule has 92 valence electrons. The molecule has 17 heavy (non-hydrogen) atoms. The van der Waals surface area contributed by atoms with E-state index in [9.17, 15) is 4.79 Å². The first kappa shape index (κ1) is 12.0. The number of ether oxygens (including phenoxy) is 1. The summed E-state index contributed by atoms with van der Waals surface area (Å²) in [7, 11) is 3.57. The quantitative estimate of drug-likeness (QED) is 0.845. The van der Waals surface area contributed by atoms with Crippen molar-refractivity contribution in [2.45, 2.75) is 19.6 Å². The zero-order valence-electron chi connectivity index (χ0n) is 10.1. The fourth-order valence-corrected chi connectivity index (χ4v) is 2.07. The highest BCUT2D eigenvalue weighted by Gasteiger charge is 2.20. The molecule has 0 unspecified atom stereocenters. The summed E-state index contributed by atoms with van der Waals surface area (Å²) in [6.07, 6.45) is 0.854. The smallest absolute Gasteiger partial charge is 0.337 e. The predicted octanol–water partition coefficient (Wildman–Crippen LogP) is 0.914. The zero-order chi connectivity index (χ0) is 12.4. The van der Waals surface area contributed by atoms with Crippen LogP contribution in [-0.4, -0.2) is 41.7 Å². The average Bonchev–Trinajstić information content (AvgIpc) is 2.28. The standard InChI is InChI=1S/C12H16N2O3/c1-14-4-3-8-5-9(12(15)16)11(7-17-2)13-10(8)6-14/h5H,3-4,6-7H2,1-2H3,(H,15,16). The van der Waals surface area contributed by atoms with Gasteiger partial charge in [-0.2, -0.15) is 0 Å². The van der Waals surface area contributed by atoms with Crippen molar-refractivity contribution < 1.29 is 14.6 Å². The first-order valence-electron chi connectivity index (χ1n) is 5.54. The van der Waals surface area contributed by atoms with Crippen molar-refractivity contribution >= 4 is 5.97 Å². The maximum Gasteiger partial charge on any atom is 0.337 e. The van der Waals surface area contributed by atoms with Crippen LogP contribution < -0.4 is 0 Å². The van der Waals surface area contributed by atoms with E-state index in [2.05, 4.69) is 9.88 Å². The van der Waals surface area contributed by atoms with Gasteiger partial charge in [-0.25, -0.2) is 4.79 Å². The SMILES string of the molecule is COCc1nc2c(cc1C(=O)O)CCN(C)C2. The average molecular weight is 236 g/mol. The zero-order valence-corrected chi connectivity index (χ0v) is 10.1. The van der Waals surface area contributed by atoms with Crippen molar-refractivity contribution in [2.24, 2.45) is 0 Å². The van der Waals surface area contributed by atoms with Gasteiger partial charge in [-0.15, -0.1) is 0 Å². The van der Waals surface area contributed by atoms with E-state index in [4.69, 9.17) is 9.84 Å². The predicted molar refractivity (Wildman–Crippen MR) is 61.9 cm³/mol. The molecule has 0 spiro atoms. The third-order valence-electron chi connectivity index (χ3n) is 2.96. The van der Waals surface area contributed by atoms with E-state index in [1.807, 2.05) is 7.05 Å². The van der Waals surface area contributed by atoms with Crippen LogP contribution in [-0.2, 0) is 24.3 Å². The van der Waals surface area contributed by atoms with Gasteiger partial charge in [-0.3, -0.25) is 4.98 Å². The van der Waals surface area contributed by atoms with Crippen molar-refractivity contribution in [3.8, 4) is 0 Å². The molecule has 0 saturated carbocycles. The molecule has 1 aromatic heterocycles. The van der Waals surface area contributed by atoms with Crippen molar-refractivity contribution in [1.29, 1.82) is 0 Å². The Labute approximate surface area is 100 Å². The van der Waals surface area contributed by atoms with Crippen LogP contribution in [0.2, 0.25) is 0 Å². The summed E-state index contributed by atoms with van der Waals surface area (Å²) in [5.74, 6) is -0.939. The van der Waals surface area contributed by atoms with Crippen LogP contribution in [0.5, 0.6) is 0 Å². The van der Waals surface area contributed by atoms with E-state index in [1.54, 1.807) is 13.2 Å². The van der Waals surface area contributed by atoms with Gasteiger partial charge in [0.1, 0.15) is 0 Å². The molecule has 1 aliphatic heterocycles. The highest BCUT2D eigenvalue weighted by atomic mass is 16.5. The van der Waals surface area contributed by atoms with Crippen molar-refractivity contribution in [3.63, 3.8) is 0 Å². The Kier molecular flexibility index (Phi) is 3.40. The van der Waals surface area contributed by atoms with Gasteiger partial charge in [0.25, 0.3) is 0 Å². The van der Waals surface area contributed by atoms with Crippen molar-refractivity contribution in [1.82, 2.24) is 9.88 Å². The number of likely N-dealkylation sites (N-methyl/N-ethyl adjacent to an activating group) is 1. The minimum atomic E-state index is -0.939. The molecular formula is C12H16N2O3. The van der Waals surface area contributed by atoms with E-state index in [0.29, 0.717) is 5.69 Å². The molecule has 0 fully saturated rings. The number of fused-ring (bicyclic) bond motifs is 1. The first-order valence-corrected chi connectivity index (χ1v) is 5.54. The molecule has 0 aromatic carbocycles. The largest absolute Gasteiger partial charge is 0.478 e. The van der Waals surface area contributed by atoms with E-state index < -0.39 is 5.97 Å². The Morgan fingerprint density at radius 2 is 2.41 bits per heavy atom. The van der Waals surface area contributed by atoms with Crippen LogP contribution >= 0.6 is 0 Å². The third-order valence-corrected chi connectivity index (χ3v) is 2.96. The Hall–Kier alpha value is -1.46. The normalized spacial score (nSPS) is 15.6. The number of hydrogen-bond donors (Lipinski definition) is 1. The lowest BCUT2D eigenvalue weighted by molar-refractivity contribution is 0.0690. The van der Waals surface area contributed by atoms with Crippen LogP contribution in [0.4, 0.5) is 0 Å². The molecule has 5 heteroatoms. The van der Waals surface area contributed by atoms with Crippen LogP contribution in [0.1, 0.15) is 27.3 Å². The number of methoxy groups -OCH3 is 1. The van der Waals surface area contributed by atoms with Crippen molar-refractivity contribution in [3.05, 3.63) is 28.6 Å². The number of carboxylic acid groups (broad SMARTS) is 1. The topological polar surface area (TPSA) is 62.7 Å². The number of aromatic carboxylic acids is 1. The summed E-state index contributed by atoms with van der Waals surface area (Å²) in [4.78, 5) is 17.7. The van der Waals surface area contributed by atoms with Crippen LogP contribution in [0.25, 0.3) is 0 Å². The number of aromatic nitrogens is 1. The first-order chi connectivity index (χ1) is 8.11. The molecule has 1 aromatic rings. The Balaban J connectivity index is 2.44. The van der Waals surface area contributed by atoms with Gasteiger partial charge in [0.2, 0.25) is 0 Å². The minimum Gasteiger partial charge on any atom is -0.478 e. The monoisotopic (exact) mass is 236 g/mol. The lowest BCUT2D eigenvalue weighted by Gasteiger charge is -2.25. The third kappa shape index (κ3) is 2.45. The summed E-state index contributed by atoms with van der Waals surface area (Å²) in [5, 5.41) is 9.14. The lowest BCUT2D eigenvalue weighted by atomic mass is 10.0. The number of hydrogen-bond acceptors (Lipinski definition) is 4. The van der Waals surface area contributed by atoms with Gasteiger partial charge in [0.15, 0.2) is 0 Å². The second-order valence-electron chi connectivity index (χ2n) is 4.31. The molecule has 0 aliphatic carbocycles. The second kappa shape index (κ2) is 4.81. The van der Waals surface area contributed by atoms with Crippen molar-refractivity contribution in [2.75, 3.05) is 20.7 Å². The summed E-state index contributed by atoms with van der Waals surface area (Å²) in [6, 6.07) is 1.74. The highest BCUT2D eigenvalue weighted by molar-refractivity contribution is 5.89. The molecule has 2 heterocycles. The molecule has 2 rings (SSSR count). The summed E-state index contributed by atoms with van der Waals surface area (Å²) < 4.78 is 5.00. The van der Waals surface area contributed by atoms with E-state index >= 15 is 0 Å². The summed E-state index contributed by atoms with van der Waals surface area (Å²) >= 11 is 0. The summed E-state index contributed by atoms with van der Waals surface area (Å²) in [6.45, 7) is 1.95. The van der Waals surface area contributed by atoms with Gasteiger partial charge in [0, 0.05) is 20.2 Å². The van der Waals surface area contributed by atoms with Gasteiger partial charge in [0.05, 0.1) is 23.6 Å². The number of carboxylic acids is 1. The number of pyridine rings is 1. The van der Waals surface area contributed by atoms with Crippen LogP contribution in [0.3, 0.4) is 0 Å². The second-order valence-corrected chi connectivity index (χ2v) is 4.31. The minimum absolute atomic E-state index is 0.235. The molecule has 1 N–H and O–H groups in total. The highest BCUT2D eigenvalue weighted by Crippen LogP contribution is 2.20. The fraction of sp³-hybridized carbons (Fsp3) is 0.500. The van der Waals surface area contributed by atoms with Gasteiger partial charge < -0.3 is 14.7 Å². The number of rotatable bonds is 3. The van der Waals surface area contributed by atoms with Gasteiger partial charge in [-0.1, -0.05) is 0 Å². The Bertz CT molecular complexity index is 446. The van der Waals surface area contributed by atoms with E-state index in [0.717, 1.165) is 30.8 Å². The fourth-order valence-electron chi connectivity index (χ4n) is 2.07. The van der Waals surface area contributed by atoms with Gasteiger partial charge in [-0.05, 0) is 25.1 Å². The molecule has 0 radical (unpaired) electrons. The van der Waals surface area contributed by atoms with E-state index in [-0.39, 0.29) is 12.2 Å². The van der Waals surface area contributed by atoms with Gasteiger partial charge >= 0.3 is 5.97 Å². The Morgan fingerprint density at radius 1 is 1.65 bits per heavy atom. The molecule has 0 amide bonds. The number of nitrogens with zero attached hydrogens (tertiary/aromatic N) is 2. The van der Waals surface area contributed by atoms with Crippen LogP contribution in [0.15, 0.2) is 6.07 Å². The molecule has 5 nitrogen and oxygen atoms in total. The Morgan fingerprint density at radius 3 is 3.06 bits per heavy atom. The maximum absolute atomic E-state index is 11.1. The number of carbonyl (C=O) groups is 1. The lowest BCUT2D eigenvalue weighted by Crippen LogP contribution is -2.28. The van der Waals surface area contributed by atoms with Crippen LogP contribution in [0, 0.1) is 0 Å². The molecule has 0 atom stereocenters. The molecule has 1 aliphatic rings. The molecule has 0 bridgehead atoms.